The van der Waals surface area contributed by atoms with Crippen LogP contribution in [0.1, 0.15) is 18.6 Å². The van der Waals surface area contributed by atoms with Crippen LogP contribution in [0.25, 0.3) is 0 Å². The number of nitrogens with one attached hydrogen (secondary N) is 2. The lowest BCUT2D eigenvalue weighted by molar-refractivity contribution is -0.126. The van der Waals surface area contributed by atoms with E-state index in [1.165, 1.54) is 0 Å². The fourth-order valence-electron chi connectivity index (χ4n) is 3.63. The third-order valence-electron chi connectivity index (χ3n) is 5.15. The standard InChI is InChI=1S/C24H25N3O4/c28-23(26-18-10-12-20(13-11-18)31-19-6-2-1-3-7-19)17-27-14-4-9-22(27)24(29)25-16-21-8-5-15-30-21/h1-3,5-8,10-13,15,22H,4,9,14,16-17H2,(H,25,29)(H,26,28)/t22-/m0/s1. The number of likely N-dealkylation sites (tertiary alicyclic amines) is 1. The van der Waals surface area contributed by atoms with Crippen molar-refractivity contribution in [1.29, 1.82) is 0 Å². The van der Waals surface area contributed by atoms with Crippen LogP contribution in [0.3, 0.4) is 0 Å². The summed E-state index contributed by atoms with van der Waals surface area (Å²) in [6.07, 6.45) is 3.20. The largest absolute Gasteiger partial charge is 0.467 e. The molecule has 2 N–H and O–H groups in total. The van der Waals surface area contributed by atoms with Crippen molar-refractivity contribution in [1.82, 2.24) is 10.2 Å². The van der Waals surface area contributed by atoms with Crippen molar-refractivity contribution in [2.45, 2.75) is 25.4 Å². The molecule has 1 aromatic heterocycles. The van der Waals surface area contributed by atoms with E-state index in [0.29, 0.717) is 23.7 Å². The van der Waals surface area contributed by atoms with Gasteiger partial charge in [-0.15, -0.1) is 0 Å². The number of rotatable bonds is 8. The molecule has 3 aromatic rings. The molecule has 0 saturated carbocycles. The van der Waals surface area contributed by atoms with E-state index in [1.807, 2.05) is 53.4 Å². The Hall–Kier alpha value is -3.58. The van der Waals surface area contributed by atoms with Crippen LogP contribution in [0.15, 0.2) is 77.4 Å². The van der Waals surface area contributed by atoms with Gasteiger partial charge in [0.05, 0.1) is 25.4 Å². The predicted molar refractivity (Wildman–Crippen MR) is 117 cm³/mol. The number of anilines is 1. The summed E-state index contributed by atoms with van der Waals surface area (Å²) in [6, 6.07) is 20.0. The van der Waals surface area contributed by atoms with Crippen LogP contribution in [0.5, 0.6) is 11.5 Å². The monoisotopic (exact) mass is 419 g/mol. The van der Waals surface area contributed by atoms with Crippen molar-refractivity contribution >= 4 is 17.5 Å². The zero-order valence-electron chi connectivity index (χ0n) is 17.1. The van der Waals surface area contributed by atoms with Gasteiger partial charge in [-0.25, -0.2) is 0 Å². The highest BCUT2D eigenvalue weighted by molar-refractivity contribution is 5.93. The average molecular weight is 419 g/mol. The molecule has 2 aromatic carbocycles. The molecule has 1 atom stereocenters. The molecule has 1 saturated heterocycles. The predicted octanol–water partition coefficient (Wildman–Crippen LogP) is 3.79. The molecular weight excluding hydrogens is 394 g/mol. The van der Waals surface area contributed by atoms with Crippen LogP contribution in [0.2, 0.25) is 0 Å². The molecule has 0 bridgehead atoms. The first kappa shape index (κ1) is 20.7. The van der Waals surface area contributed by atoms with Gasteiger partial charge in [0, 0.05) is 5.69 Å². The van der Waals surface area contributed by atoms with Crippen LogP contribution < -0.4 is 15.4 Å². The number of hydrogen-bond acceptors (Lipinski definition) is 5. The van der Waals surface area contributed by atoms with Crippen molar-refractivity contribution < 1.29 is 18.7 Å². The maximum Gasteiger partial charge on any atom is 0.238 e. The number of carbonyl (C=O) groups excluding carboxylic acids is 2. The molecule has 1 aliphatic heterocycles. The van der Waals surface area contributed by atoms with E-state index >= 15 is 0 Å². The number of benzene rings is 2. The molecule has 4 rings (SSSR count). The van der Waals surface area contributed by atoms with Crippen molar-refractivity contribution in [3.05, 3.63) is 78.8 Å². The molecule has 0 spiro atoms. The molecule has 31 heavy (non-hydrogen) atoms. The number of para-hydroxylation sites is 1. The Morgan fingerprint density at radius 2 is 1.77 bits per heavy atom. The highest BCUT2D eigenvalue weighted by Gasteiger charge is 2.31. The van der Waals surface area contributed by atoms with Gasteiger partial charge in [0.15, 0.2) is 0 Å². The van der Waals surface area contributed by atoms with E-state index in [9.17, 15) is 9.59 Å². The summed E-state index contributed by atoms with van der Waals surface area (Å²) in [7, 11) is 0. The first-order valence-corrected chi connectivity index (χ1v) is 10.3. The highest BCUT2D eigenvalue weighted by atomic mass is 16.5. The Balaban J connectivity index is 1.27. The summed E-state index contributed by atoms with van der Waals surface area (Å²) in [5, 5.41) is 5.78. The summed E-state index contributed by atoms with van der Waals surface area (Å²) in [5.74, 6) is 1.92. The minimum atomic E-state index is -0.303. The van der Waals surface area contributed by atoms with E-state index in [0.717, 1.165) is 25.1 Å². The summed E-state index contributed by atoms with van der Waals surface area (Å²) in [6.45, 7) is 1.23. The highest BCUT2D eigenvalue weighted by Crippen LogP contribution is 2.23. The number of carbonyl (C=O) groups is 2. The molecule has 160 valence electrons. The van der Waals surface area contributed by atoms with Crippen molar-refractivity contribution in [2.75, 3.05) is 18.4 Å². The van der Waals surface area contributed by atoms with Gasteiger partial charge in [-0.2, -0.15) is 0 Å². The number of ether oxygens (including phenoxy) is 1. The molecule has 0 unspecified atom stereocenters. The second kappa shape index (κ2) is 9.95. The maximum absolute atomic E-state index is 12.5. The smallest absolute Gasteiger partial charge is 0.238 e. The van der Waals surface area contributed by atoms with Crippen molar-refractivity contribution in [3.63, 3.8) is 0 Å². The van der Waals surface area contributed by atoms with E-state index in [4.69, 9.17) is 9.15 Å². The topological polar surface area (TPSA) is 83.8 Å². The van der Waals surface area contributed by atoms with Gasteiger partial charge in [-0.3, -0.25) is 14.5 Å². The normalized spacial score (nSPS) is 16.1. The minimum Gasteiger partial charge on any atom is -0.467 e. The van der Waals surface area contributed by atoms with Crippen LogP contribution in [-0.2, 0) is 16.1 Å². The SMILES string of the molecule is O=C(CN1CCC[C@H]1C(=O)NCc1ccco1)Nc1ccc(Oc2ccccc2)cc1. The fourth-order valence-corrected chi connectivity index (χ4v) is 3.63. The van der Waals surface area contributed by atoms with Crippen molar-refractivity contribution in [2.24, 2.45) is 0 Å². The van der Waals surface area contributed by atoms with E-state index in [-0.39, 0.29) is 24.4 Å². The molecule has 2 heterocycles. The Bertz CT molecular complexity index is 987. The lowest BCUT2D eigenvalue weighted by Gasteiger charge is -2.23. The Morgan fingerprint density at radius 3 is 2.52 bits per heavy atom. The zero-order chi connectivity index (χ0) is 21.5. The summed E-state index contributed by atoms with van der Waals surface area (Å²) in [4.78, 5) is 27.0. The second-order valence-electron chi connectivity index (χ2n) is 7.41. The molecule has 0 aliphatic carbocycles. The second-order valence-corrected chi connectivity index (χ2v) is 7.41. The van der Waals surface area contributed by atoms with E-state index < -0.39 is 0 Å². The molecule has 0 radical (unpaired) electrons. The lowest BCUT2D eigenvalue weighted by Crippen LogP contribution is -2.45. The zero-order valence-corrected chi connectivity index (χ0v) is 17.1. The van der Waals surface area contributed by atoms with Gasteiger partial charge in [-0.1, -0.05) is 18.2 Å². The Kier molecular flexibility index (Phi) is 6.64. The summed E-state index contributed by atoms with van der Waals surface area (Å²) < 4.78 is 11.0. The Labute approximate surface area is 181 Å². The van der Waals surface area contributed by atoms with Gasteiger partial charge in [-0.05, 0) is 67.9 Å². The van der Waals surface area contributed by atoms with Crippen LogP contribution in [0, 0.1) is 0 Å². The molecule has 1 fully saturated rings. The van der Waals surface area contributed by atoms with Gasteiger partial charge < -0.3 is 19.8 Å². The molecule has 7 heteroatoms. The van der Waals surface area contributed by atoms with E-state index in [1.54, 1.807) is 24.5 Å². The summed E-state index contributed by atoms with van der Waals surface area (Å²) in [5.41, 5.74) is 0.684. The molecule has 7 nitrogen and oxygen atoms in total. The quantitative estimate of drug-likeness (QED) is 0.580. The lowest BCUT2D eigenvalue weighted by atomic mass is 10.2. The van der Waals surface area contributed by atoms with Gasteiger partial charge in [0.25, 0.3) is 0 Å². The minimum absolute atomic E-state index is 0.0795. The van der Waals surface area contributed by atoms with E-state index in [2.05, 4.69) is 10.6 Å². The molecule has 1 aliphatic rings. The molecular formula is C24H25N3O4. The van der Waals surface area contributed by atoms with Gasteiger partial charge in [0.2, 0.25) is 11.8 Å². The fraction of sp³-hybridized carbons (Fsp3) is 0.250. The number of nitrogens with zero attached hydrogens (tertiary/aromatic N) is 1. The Morgan fingerprint density at radius 1 is 1.00 bits per heavy atom. The summed E-state index contributed by atoms with van der Waals surface area (Å²) >= 11 is 0. The third kappa shape index (κ3) is 5.73. The number of hydrogen-bond donors (Lipinski definition) is 2. The first-order valence-electron chi connectivity index (χ1n) is 10.3. The number of furan rings is 1. The maximum atomic E-state index is 12.5. The van der Waals surface area contributed by atoms with Crippen LogP contribution in [-0.4, -0.2) is 35.8 Å². The first-order chi connectivity index (χ1) is 15.2. The average Bonchev–Trinajstić information content (AvgIpc) is 3.46. The van der Waals surface area contributed by atoms with Gasteiger partial charge >= 0.3 is 0 Å². The van der Waals surface area contributed by atoms with Gasteiger partial charge in [0.1, 0.15) is 17.3 Å². The molecule has 2 amide bonds. The number of amides is 2. The third-order valence-corrected chi connectivity index (χ3v) is 5.15. The van der Waals surface area contributed by atoms with Crippen molar-refractivity contribution in [3.8, 4) is 11.5 Å². The van der Waals surface area contributed by atoms with Crippen LogP contribution >= 0.6 is 0 Å². The van der Waals surface area contributed by atoms with Crippen LogP contribution in [0.4, 0.5) is 5.69 Å².